The van der Waals surface area contributed by atoms with Crippen molar-refractivity contribution in [3.05, 3.63) is 129 Å². The van der Waals surface area contributed by atoms with Crippen molar-refractivity contribution in [3.8, 4) is 0 Å². The Morgan fingerprint density at radius 1 is 0.431 bits per heavy atom. The molecule has 2 heteroatoms. The van der Waals surface area contributed by atoms with Crippen LogP contribution in [0, 0.1) is 19.8 Å². The fourth-order valence-corrected chi connectivity index (χ4v) is 11.8. The molecular weight excluding hydrogens is 785 g/mol. The molecule has 0 bridgehead atoms. The quantitative estimate of drug-likeness (QED) is 0.0379. The number of anilines is 2. The van der Waals surface area contributed by atoms with Gasteiger partial charge < -0.3 is 11.5 Å². The third-order valence-corrected chi connectivity index (χ3v) is 15.9. The van der Waals surface area contributed by atoms with Gasteiger partial charge in [0.05, 0.1) is 0 Å². The highest BCUT2D eigenvalue weighted by atomic mass is 14.5. The summed E-state index contributed by atoms with van der Waals surface area (Å²) in [6, 6.07) is 33.5. The van der Waals surface area contributed by atoms with Gasteiger partial charge >= 0.3 is 0 Å². The summed E-state index contributed by atoms with van der Waals surface area (Å²) in [6.07, 6.45) is 40.4. The van der Waals surface area contributed by atoms with Crippen LogP contribution in [0.5, 0.6) is 0 Å². The third kappa shape index (κ3) is 16.6. The van der Waals surface area contributed by atoms with Crippen LogP contribution in [0.1, 0.15) is 270 Å². The van der Waals surface area contributed by atoms with E-state index >= 15 is 0 Å². The lowest BCUT2D eigenvalue weighted by atomic mass is 9.62. The summed E-state index contributed by atoms with van der Waals surface area (Å²) in [5, 5.41) is 0. The largest absolute Gasteiger partial charge is 0.399 e. The Bertz CT molecular complexity index is 1740. The van der Waals surface area contributed by atoms with E-state index in [9.17, 15) is 0 Å². The maximum atomic E-state index is 6.30. The SMILES string of the molecule is CCCCCCCCCCCC1CCC(c2ccc(C(CCCCCCCCC)c3ccc(N)cc3C)cc2)(c2ccc(C(CCCCCCCCC)c3ccc(N)cc3C)cc2)CC1. The molecular formula is C63H96N2. The van der Waals surface area contributed by atoms with Crippen molar-refractivity contribution in [2.45, 2.75) is 244 Å². The molecule has 1 fully saturated rings. The Hall–Kier alpha value is -3.52. The zero-order valence-electron chi connectivity index (χ0n) is 42.7. The number of hydrogen-bond donors (Lipinski definition) is 2. The molecule has 0 aliphatic heterocycles. The average Bonchev–Trinajstić information content (AvgIpc) is 3.31. The van der Waals surface area contributed by atoms with E-state index in [4.69, 9.17) is 11.5 Å². The number of nitrogen functional groups attached to an aromatic ring is 2. The fraction of sp³-hybridized carbons (Fsp3) is 0.619. The lowest BCUT2D eigenvalue weighted by Crippen LogP contribution is -2.33. The molecule has 4 aromatic carbocycles. The summed E-state index contributed by atoms with van der Waals surface area (Å²) in [4.78, 5) is 0. The molecule has 4 N–H and O–H groups in total. The Labute approximate surface area is 401 Å². The lowest BCUT2D eigenvalue weighted by Gasteiger charge is -2.42. The van der Waals surface area contributed by atoms with Crippen molar-refractivity contribution < 1.29 is 0 Å². The van der Waals surface area contributed by atoms with E-state index in [2.05, 4.69) is 120 Å². The number of benzene rings is 4. The molecule has 1 saturated carbocycles. The van der Waals surface area contributed by atoms with Gasteiger partial charge in [0.15, 0.2) is 0 Å². The van der Waals surface area contributed by atoms with Crippen molar-refractivity contribution >= 4 is 11.4 Å². The Kier molecular flexibility index (Phi) is 23.6. The van der Waals surface area contributed by atoms with Gasteiger partial charge in [0.1, 0.15) is 0 Å². The first-order valence-electron chi connectivity index (χ1n) is 27.7. The molecule has 0 amide bonds. The topological polar surface area (TPSA) is 52.0 Å². The predicted molar refractivity (Wildman–Crippen MR) is 288 cm³/mol. The second-order valence-electron chi connectivity index (χ2n) is 21.0. The van der Waals surface area contributed by atoms with E-state index in [1.54, 1.807) is 0 Å². The lowest BCUT2D eigenvalue weighted by molar-refractivity contribution is 0.250. The predicted octanol–water partition coefficient (Wildman–Crippen LogP) is 19.4. The monoisotopic (exact) mass is 881 g/mol. The van der Waals surface area contributed by atoms with E-state index in [-0.39, 0.29) is 5.41 Å². The van der Waals surface area contributed by atoms with Crippen molar-refractivity contribution in [1.82, 2.24) is 0 Å². The van der Waals surface area contributed by atoms with Crippen LogP contribution < -0.4 is 11.5 Å². The highest BCUT2D eigenvalue weighted by Gasteiger charge is 2.38. The van der Waals surface area contributed by atoms with Crippen LogP contribution in [0.4, 0.5) is 11.4 Å². The first-order valence-corrected chi connectivity index (χ1v) is 27.7. The Morgan fingerprint density at radius 2 is 0.769 bits per heavy atom. The van der Waals surface area contributed by atoms with Gasteiger partial charge in [0.2, 0.25) is 0 Å². The molecule has 2 unspecified atom stereocenters. The zero-order valence-corrected chi connectivity index (χ0v) is 42.7. The number of hydrogen-bond acceptors (Lipinski definition) is 2. The van der Waals surface area contributed by atoms with E-state index < -0.39 is 0 Å². The average molecular weight is 881 g/mol. The zero-order chi connectivity index (χ0) is 46.1. The van der Waals surface area contributed by atoms with Crippen LogP contribution in [0.3, 0.4) is 0 Å². The third-order valence-electron chi connectivity index (χ3n) is 15.9. The number of unbranched alkanes of at least 4 members (excludes halogenated alkanes) is 20. The van der Waals surface area contributed by atoms with Gasteiger partial charge in [-0.2, -0.15) is 0 Å². The molecule has 0 heterocycles. The highest BCUT2D eigenvalue weighted by molar-refractivity contribution is 5.51. The van der Waals surface area contributed by atoms with Crippen LogP contribution in [-0.4, -0.2) is 0 Å². The molecule has 2 atom stereocenters. The van der Waals surface area contributed by atoms with Crippen molar-refractivity contribution in [1.29, 1.82) is 0 Å². The smallest absolute Gasteiger partial charge is 0.0316 e. The van der Waals surface area contributed by atoms with Crippen molar-refractivity contribution in [3.63, 3.8) is 0 Å². The van der Waals surface area contributed by atoms with Crippen LogP contribution in [0.2, 0.25) is 0 Å². The van der Waals surface area contributed by atoms with Crippen LogP contribution >= 0.6 is 0 Å². The molecule has 4 aromatic rings. The first kappa shape index (κ1) is 52.4. The maximum Gasteiger partial charge on any atom is 0.0316 e. The Balaban J connectivity index is 1.38. The van der Waals surface area contributed by atoms with E-state index in [1.165, 1.54) is 237 Å². The summed E-state index contributed by atoms with van der Waals surface area (Å²) < 4.78 is 0. The summed E-state index contributed by atoms with van der Waals surface area (Å²) in [6.45, 7) is 11.5. The molecule has 1 aliphatic carbocycles. The first-order chi connectivity index (χ1) is 31.8. The van der Waals surface area contributed by atoms with Crippen molar-refractivity contribution in [2.24, 2.45) is 5.92 Å². The molecule has 0 aromatic heterocycles. The van der Waals surface area contributed by atoms with E-state index in [0.29, 0.717) is 11.8 Å². The molecule has 2 nitrogen and oxygen atoms in total. The summed E-state index contributed by atoms with van der Waals surface area (Å²) in [5.41, 5.74) is 25.9. The van der Waals surface area contributed by atoms with Gasteiger partial charge in [-0.15, -0.1) is 0 Å². The maximum absolute atomic E-state index is 6.30. The Morgan fingerprint density at radius 3 is 1.12 bits per heavy atom. The van der Waals surface area contributed by atoms with Gasteiger partial charge in [0.25, 0.3) is 0 Å². The van der Waals surface area contributed by atoms with Gasteiger partial charge in [-0.05, 0) is 127 Å². The highest BCUT2D eigenvalue weighted by Crippen LogP contribution is 2.49. The molecule has 0 saturated heterocycles. The van der Waals surface area contributed by atoms with Gasteiger partial charge in [0, 0.05) is 28.6 Å². The van der Waals surface area contributed by atoms with Crippen LogP contribution in [-0.2, 0) is 5.41 Å². The van der Waals surface area contributed by atoms with E-state index in [1.807, 2.05) is 0 Å². The standard InChI is InChI=1S/C63H96N2/c1-6-9-12-15-18-19-22-23-26-29-52-44-46-63(47-45-52,55-36-32-53(33-37-55)61(30-27-24-20-16-13-10-7-2)59-42-40-57(64)48-50(59)4)56-38-34-54(35-39-56)62(31-28-25-21-17-14-11-8-3)60-43-41-58(65)49-51(60)5/h32-43,48-49,52,61-62H,6-31,44-47,64-65H2,1-5H3. The minimum absolute atomic E-state index is 0.0439. The molecule has 5 rings (SSSR count). The summed E-state index contributed by atoms with van der Waals surface area (Å²) in [5.74, 6) is 1.64. The minimum atomic E-state index is 0.0439. The normalized spacial score (nSPS) is 17.3. The summed E-state index contributed by atoms with van der Waals surface area (Å²) in [7, 11) is 0. The van der Waals surface area contributed by atoms with Crippen LogP contribution in [0.15, 0.2) is 84.9 Å². The van der Waals surface area contributed by atoms with Gasteiger partial charge in [-0.25, -0.2) is 0 Å². The minimum Gasteiger partial charge on any atom is -0.399 e. The fourth-order valence-electron chi connectivity index (χ4n) is 11.8. The molecule has 358 valence electrons. The summed E-state index contributed by atoms with van der Waals surface area (Å²) >= 11 is 0. The van der Waals surface area contributed by atoms with Crippen LogP contribution in [0.25, 0.3) is 0 Å². The number of nitrogens with two attached hydrogens (primary N) is 2. The molecule has 65 heavy (non-hydrogen) atoms. The molecule has 1 aliphatic rings. The van der Waals surface area contributed by atoms with Gasteiger partial charge in [-0.1, -0.05) is 236 Å². The number of rotatable bonds is 32. The van der Waals surface area contributed by atoms with Gasteiger partial charge in [-0.3, -0.25) is 0 Å². The molecule has 0 spiro atoms. The molecule has 0 radical (unpaired) electrons. The van der Waals surface area contributed by atoms with E-state index in [0.717, 1.165) is 17.3 Å². The second kappa shape index (κ2) is 29.3. The second-order valence-corrected chi connectivity index (χ2v) is 21.0. The number of aryl methyl sites for hydroxylation is 2. The van der Waals surface area contributed by atoms with Crippen molar-refractivity contribution in [2.75, 3.05) is 11.5 Å².